The van der Waals surface area contributed by atoms with Crippen molar-refractivity contribution in [3.05, 3.63) is 29.6 Å². The van der Waals surface area contributed by atoms with Gasteiger partial charge in [-0.05, 0) is 49.4 Å². The van der Waals surface area contributed by atoms with Crippen LogP contribution in [-0.2, 0) is 19.9 Å². The van der Waals surface area contributed by atoms with Gasteiger partial charge in [0.1, 0.15) is 5.82 Å². The van der Waals surface area contributed by atoms with Gasteiger partial charge >= 0.3 is 0 Å². The molecular weight excluding hydrogens is 353 g/mol. The van der Waals surface area contributed by atoms with E-state index in [0.717, 1.165) is 6.07 Å². The van der Waals surface area contributed by atoms with Gasteiger partial charge in [0.05, 0.1) is 15.9 Å². The summed E-state index contributed by atoms with van der Waals surface area (Å²) in [6, 6.07) is 3.64. The predicted octanol–water partition coefficient (Wildman–Crippen LogP) is 2.36. The van der Waals surface area contributed by atoms with Crippen LogP contribution in [0.5, 0.6) is 0 Å². The third-order valence-corrected chi connectivity index (χ3v) is 8.57. The molecule has 0 spiro atoms. The highest BCUT2D eigenvalue weighted by atomic mass is 32.2. The van der Waals surface area contributed by atoms with Gasteiger partial charge in [-0.3, -0.25) is 0 Å². The second-order valence-corrected chi connectivity index (χ2v) is 11.0. The van der Waals surface area contributed by atoms with Crippen molar-refractivity contribution < 1.29 is 21.2 Å². The van der Waals surface area contributed by atoms with E-state index in [-0.39, 0.29) is 35.2 Å². The Hall–Kier alpha value is -0.990. The Balaban J connectivity index is 2.26. The van der Waals surface area contributed by atoms with Gasteiger partial charge in [0, 0.05) is 13.1 Å². The maximum absolute atomic E-state index is 13.4. The Labute approximate surface area is 143 Å². The maximum Gasteiger partial charge on any atom is 0.243 e. The molecule has 0 N–H and O–H groups in total. The van der Waals surface area contributed by atoms with E-state index in [4.69, 9.17) is 0 Å². The van der Waals surface area contributed by atoms with Crippen LogP contribution in [0.25, 0.3) is 0 Å². The largest absolute Gasteiger partial charge is 0.243 e. The molecule has 0 saturated carbocycles. The number of piperidine rings is 1. The molecule has 1 heterocycles. The van der Waals surface area contributed by atoms with E-state index >= 15 is 0 Å². The second-order valence-electron chi connectivity index (χ2n) is 6.76. The Bertz CT molecular complexity index is 803. The second kappa shape index (κ2) is 7.09. The number of sulfonamides is 1. The summed E-state index contributed by atoms with van der Waals surface area (Å²) in [7, 11) is -7.16. The van der Waals surface area contributed by atoms with Crippen molar-refractivity contribution in [1.82, 2.24) is 4.31 Å². The van der Waals surface area contributed by atoms with E-state index in [1.807, 2.05) is 13.8 Å². The third-order valence-electron chi connectivity index (χ3n) is 4.18. The van der Waals surface area contributed by atoms with E-state index in [0.29, 0.717) is 12.8 Å². The van der Waals surface area contributed by atoms with E-state index in [1.165, 1.54) is 23.4 Å². The van der Waals surface area contributed by atoms with E-state index in [1.54, 1.807) is 0 Å². The average molecular weight is 378 g/mol. The van der Waals surface area contributed by atoms with Gasteiger partial charge in [0.25, 0.3) is 0 Å². The highest BCUT2D eigenvalue weighted by Crippen LogP contribution is 2.26. The smallest absolute Gasteiger partial charge is 0.228 e. The van der Waals surface area contributed by atoms with Crippen LogP contribution in [-0.4, -0.2) is 45.2 Å². The van der Waals surface area contributed by atoms with Crippen LogP contribution >= 0.6 is 0 Å². The molecule has 8 heteroatoms. The summed E-state index contributed by atoms with van der Waals surface area (Å²) in [6.07, 6.45) is 0.977. The number of hydrogen-bond acceptors (Lipinski definition) is 4. The molecule has 1 aromatic rings. The number of hydrogen-bond donors (Lipinski definition) is 0. The lowest BCUT2D eigenvalue weighted by Gasteiger charge is -2.32. The summed E-state index contributed by atoms with van der Waals surface area (Å²) >= 11 is 0. The minimum Gasteiger partial charge on any atom is -0.228 e. The van der Waals surface area contributed by atoms with Crippen LogP contribution in [0, 0.1) is 18.7 Å². The Kier molecular flexibility index (Phi) is 5.71. The number of nitrogens with zero attached hydrogens (tertiary/aromatic N) is 1. The lowest BCUT2D eigenvalue weighted by molar-refractivity contribution is 0.345. The van der Waals surface area contributed by atoms with Crippen LogP contribution in [0.4, 0.5) is 4.39 Å². The quantitative estimate of drug-likeness (QED) is 0.790. The topological polar surface area (TPSA) is 71.5 Å². The van der Waals surface area contributed by atoms with Gasteiger partial charge < -0.3 is 0 Å². The van der Waals surface area contributed by atoms with Crippen molar-refractivity contribution >= 4 is 19.9 Å². The first kappa shape index (κ1) is 19.3. The molecule has 0 aromatic heterocycles. The molecular formula is C16H24FNO4S2. The summed E-state index contributed by atoms with van der Waals surface area (Å²) in [6.45, 7) is 5.41. The molecule has 5 nitrogen and oxygen atoms in total. The molecule has 1 aliphatic heterocycles. The molecule has 0 unspecified atom stereocenters. The van der Waals surface area contributed by atoms with Crippen molar-refractivity contribution in [2.24, 2.45) is 5.92 Å². The van der Waals surface area contributed by atoms with Crippen molar-refractivity contribution in [3.8, 4) is 0 Å². The van der Waals surface area contributed by atoms with Crippen LogP contribution in [0.1, 0.15) is 32.3 Å². The summed E-state index contributed by atoms with van der Waals surface area (Å²) < 4.78 is 65.0. The normalized spacial score (nSPS) is 20.5. The Morgan fingerprint density at radius 1 is 1.25 bits per heavy atom. The fourth-order valence-electron chi connectivity index (χ4n) is 2.94. The average Bonchev–Trinajstić information content (AvgIpc) is 2.49. The van der Waals surface area contributed by atoms with Crippen molar-refractivity contribution in [3.63, 3.8) is 0 Å². The number of aryl methyl sites for hydroxylation is 1. The molecule has 0 aliphatic carbocycles. The van der Waals surface area contributed by atoms with Crippen LogP contribution in [0.3, 0.4) is 0 Å². The molecule has 2 rings (SSSR count). The summed E-state index contributed by atoms with van der Waals surface area (Å²) in [5, 5.41) is -0.676. The van der Waals surface area contributed by atoms with Gasteiger partial charge in [-0.1, -0.05) is 13.8 Å². The summed E-state index contributed by atoms with van der Waals surface area (Å²) in [5.74, 6) is -0.409. The molecule has 1 atom stereocenters. The van der Waals surface area contributed by atoms with Crippen molar-refractivity contribution in [2.75, 3.05) is 18.8 Å². The lowest BCUT2D eigenvalue weighted by atomic mass is 10.2. The molecule has 1 fully saturated rings. The fraction of sp³-hybridized carbons (Fsp3) is 0.625. The SMILES string of the molecule is Cc1cc(S(=O)(=O)N2CCC[C@@H](S(=O)(=O)CC(C)C)C2)ccc1F. The Morgan fingerprint density at radius 2 is 1.92 bits per heavy atom. The zero-order chi connectivity index (χ0) is 18.1. The van der Waals surface area contributed by atoms with Crippen molar-refractivity contribution in [1.29, 1.82) is 0 Å². The van der Waals surface area contributed by atoms with E-state index in [9.17, 15) is 21.2 Å². The minimum atomic E-state index is -3.82. The number of sulfone groups is 1. The van der Waals surface area contributed by atoms with Crippen LogP contribution < -0.4 is 0 Å². The molecule has 0 radical (unpaired) electrons. The van der Waals surface area contributed by atoms with E-state index < -0.39 is 30.9 Å². The monoisotopic (exact) mass is 377 g/mol. The molecule has 0 bridgehead atoms. The number of halogens is 1. The van der Waals surface area contributed by atoms with Gasteiger partial charge in [0.2, 0.25) is 10.0 Å². The first-order chi connectivity index (χ1) is 11.0. The highest BCUT2D eigenvalue weighted by molar-refractivity contribution is 7.92. The predicted molar refractivity (Wildman–Crippen MR) is 91.5 cm³/mol. The Morgan fingerprint density at radius 3 is 2.50 bits per heavy atom. The molecule has 1 aliphatic rings. The number of benzene rings is 1. The molecule has 136 valence electrons. The van der Waals surface area contributed by atoms with Crippen molar-refractivity contribution in [2.45, 2.75) is 43.8 Å². The van der Waals surface area contributed by atoms with Gasteiger partial charge in [0.15, 0.2) is 9.84 Å². The first-order valence-corrected chi connectivity index (χ1v) is 11.2. The molecule has 24 heavy (non-hydrogen) atoms. The summed E-state index contributed by atoms with van der Waals surface area (Å²) in [5.41, 5.74) is 0.247. The number of rotatable bonds is 5. The molecule has 1 saturated heterocycles. The van der Waals surface area contributed by atoms with Crippen LogP contribution in [0.15, 0.2) is 23.1 Å². The standard InChI is InChI=1S/C16H24FNO4S2/c1-12(2)11-23(19,20)15-5-4-8-18(10-15)24(21,22)14-6-7-16(17)13(3)9-14/h6-7,9,12,15H,4-5,8,10-11H2,1-3H3/t15-/m1/s1. The minimum absolute atomic E-state index is 0.00160. The zero-order valence-electron chi connectivity index (χ0n) is 14.2. The zero-order valence-corrected chi connectivity index (χ0v) is 15.8. The lowest BCUT2D eigenvalue weighted by Crippen LogP contribution is -2.46. The maximum atomic E-state index is 13.4. The first-order valence-electron chi connectivity index (χ1n) is 8.02. The van der Waals surface area contributed by atoms with Gasteiger partial charge in [-0.2, -0.15) is 4.31 Å². The van der Waals surface area contributed by atoms with E-state index in [2.05, 4.69) is 0 Å². The van der Waals surface area contributed by atoms with Gasteiger partial charge in [-0.25, -0.2) is 21.2 Å². The highest BCUT2D eigenvalue weighted by Gasteiger charge is 2.36. The fourth-order valence-corrected chi connectivity index (χ4v) is 6.78. The van der Waals surface area contributed by atoms with Gasteiger partial charge in [-0.15, -0.1) is 0 Å². The summed E-state index contributed by atoms with van der Waals surface area (Å²) in [4.78, 5) is 0.00306. The molecule has 0 amide bonds. The molecule has 1 aromatic carbocycles. The van der Waals surface area contributed by atoms with Crippen LogP contribution in [0.2, 0.25) is 0 Å². The third kappa shape index (κ3) is 4.15.